The molecule has 0 bridgehead atoms. The highest BCUT2D eigenvalue weighted by Crippen LogP contribution is 2.28. The van der Waals surface area contributed by atoms with Crippen LogP contribution in [0.1, 0.15) is 33.3 Å². The molecule has 0 aliphatic carbocycles. The van der Waals surface area contributed by atoms with Gasteiger partial charge in [0.15, 0.2) is 0 Å². The van der Waals surface area contributed by atoms with E-state index in [1.807, 2.05) is 6.07 Å². The van der Waals surface area contributed by atoms with Crippen molar-refractivity contribution in [1.29, 1.82) is 0 Å². The maximum absolute atomic E-state index is 14.3. The molecule has 1 fully saturated rings. The van der Waals surface area contributed by atoms with Crippen LogP contribution in [0.3, 0.4) is 0 Å². The van der Waals surface area contributed by atoms with Crippen molar-refractivity contribution in [3.05, 3.63) is 29.6 Å². The third kappa shape index (κ3) is 3.70. The van der Waals surface area contributed by atoms with Crippen molar-refractivity contribution in [3.8, 4) is 0 Å². The molecule has 112 valence electrons. The van der Waals surface area contributed by atoms with Crippen molar-refractivity contribution in [2.24, 2.45) is 0 Å². The fourth-order valence-electron chi connectivity index (χ4n) is 2.44. The molecule has 0 radical (unpaired) electrons. The quantitative estimate of drug-likeness (QED) is 0.921. The summed E-state index contributed by atoms with van der Waals surface area (Å²) in [5.74, 6) is -0.146. The standard InChI is InChI=1S/C16H25FN2O/c1-12-11-20-9-8-19(12)15-13(6-5-7-14(15)17)10-18-16(2,3)4/h5-7,12,18H,8-11H2,1-4H3. The number of morpholine rings is 1. The van der Waals surface area contributed by atoms with Gasteiger partial charge in [-0.1, -0.05) is 12.1 Å². The monoisotopic (exact) mass is 280 g/mol. The predicted molar refractivity (Wildman–Crippen MR) is 80.6 cm³/mol. The van der Waals surface area contributed by atoms with E-state index in [1.165, 1.54) is 6.07 Å². The van der Waals surface area contributed by atoms with Crippen molar-refractivity contribution in [3.63, 3.8) is 0 Å². The lowest BCUT2D eigenvalue weighted by Crippen LogP contribution is -2.45. The number of para-hydroxylation sites is 1. The van der Waals surface area contributed by atoms with Crippen molar-refractivity contribution in [2.45, 2.75) is 45.8 Å². The normalized spacial score (nSPS) is 20.2. The highest BCUT2D eigenvalue weighted by Gasteiger charge is 2.24. The molecule has 3 nitrogen and oxygen atoms in total. The Bertz CT molecular complexity index is 456. The van der Waals surface area contributed by atoms with E-state index in [0.29, 0.717) is 19.8 Å². The van der Waals surface area contributed by atoms with Crippen molar-refractivity contribution in [2.75, 3.05) is 24.7 Å². The molecule has 1 aromatic carbocycles. The van der Waals surface area contributed by atoms with Crippen LogP contribution in [0.15, 0.2) is 18.2 Å². The summed E-state index contributed by atoms with van der Waals surface area (Å²) in [7, 11) is 0. The van der Waals surface area contributed by atoms with Gasteiger partial charge in [-0.15, -0.1) is 0 Å². The number of halogens is 1. The van der Waals surface area contributed by atoms with Crippen LogP contribution < -0.4 is 10.2 Å². The van der Waals surface area contributed by atoms with Gasteiger partial charge in [0.05, 0.1) is 18.9 Å². The Morgan fingerprint density at radius 2 is 2.15 bits per heavy atom. The maximum atomic E-state index is 14.3. The van der Waals surface area contributed by atoms with Gasteiger partial charge in [-0.25, -0.2) is 4.39 Å². The molecule has 1 aliphatic heterocycles. The van der Waals surface area contributed by atoms with Crippen LogP contribution in [0.25, 0.3) is 0 Å². The second-order valence-electron chi connectivity index (χ2n) is 6.47. The lowest BCUT2D eigenvalue weighted by Gasteiger charge is -2.37. The molecule has 0 amide bonds. The Morgan fingerprint density at radius 1 is 1.40 bits per heavy atom. The average Bonchev–Trinajstić information content (AvgIpc) is 2.37. The van der Waals surface area contributed by atoms with Crippen molar-refractivity contribution < 1.29 is 9.13 Å². The smallest absolute Gasteiger partial charge is 0.146 e. The largest absolute Gasteiger partial charge is 0.377 e. The van der Waals surface area contributed by atoms with Crippen LogP contribution in [0.2, 0.25) is 0 Å². The first-order valence-electron chi connectivity index (χ1n) is 7.25. The molecule has 1 atom stereocenters. The van der Waals surface area contributed by atoms with Crippen LogP contribution in [-0.4, -0.2) is 31.3 Å². The molecular formula is C16H25FN2O. The first-order chi connectivity index (χ1) is 9.38. The fraction of sp³-hybridized carbons (Fsp3) is 0.625. The zero-order chi connectivity index (χ0) is 14.8. The summed E-state index contributed by atoms with van der Waals surface area (Å²) in [6, 6.07) is 5.52. The SMILES string of the molecule is CC1COCCN1c1c(F)cccc1CNC(C)(C)C. The molecule has 1 saturated heterocycles. The molecule has 1 aromatic rings. The summed E-state index contributed by atoms with van der Waals surface area (Å²) < 4.78 is 19.8. The average molecular weight is 280 g/mol. The Labute approximate surface area is 121 Å². The highest BCUT2D eigenvalue weighted by molar-refractivity contribution is 5.56. The summed E-state index contributed by atoms with van der Waals surface area (Å²) in [4.78, 5) is 2.12. The number of nitrogens with zero attached hydrogens (tertiary/aromatic N) is 1. The Hall–Kier alpha value is -1.13. The number of hydrogen-bond donors (Lipinski definition) is 1. The maximum Gasteiger partial charge on any atom is 0.146 e. The molecule has 1 unspecified atom stereocenters. The van der Waals surface area contributed by atoms with Gasteiger partial charge >= 0.3 is 0 Å². The van der Waals surface area contributed by atoms with Crippen LogP contribution >= 0.6 is 0 Å². The zero-order valence-electron chi connectivity index (χ0n) is 12.9. The molecule has 1 aliphatic rings. The minimum Gasteiger partial charge on any atom is -0.377 e. The van der Waals surface area contributed by atoms with E-state index in [2.05, 4.69) is 37.9 Å². The molecule has 1 N–H and O–H groups in total. The van der Waals surface area contributed by atoms with E-state index in [-0.39, 0.29) is 17.4 Å². The van der Waals surface area contributed by atoms with Crippen LogP contribution in [0.4, 0.5) is 10.1 Å². The van der Waals surface area contributed by atoms with Gasteiger partial charge in [0, 0.05) is 24.7 Å². The summed E-state index contributed by atoms with van der Waals surface area (Å²) in [6.45, 7) is 11.1. The minimum atomic E-state index is -0.146. The topological polar surface area (TPSA) is 24.5 Å². The highest BCUT2D eigenvalue weighted by atomic mass is 19.1. The van der Waals surface area contributed by atoms with Gasteiger partial charge in [0.2, 0.25) is 0 Å². The third-order valence-corrected chi connectivity index (χ3v) is 3.53. The lowest BCUT2D eigenvalue weighted by atomic mass is 10.1. The predicted octanol–water partition coefficient (Wildman–Crippen LogP) is 2.94. The van der Waals surface area contributed by atoms with E-state index in [0.717, 1.165) is 17.8 Å². The molecule has 0 aromatic heterocycles. The molecule has 0 spiro atoms. The minimum absolute atomic E-state index is 0.0141. The molecule has 2 rings (SSSR count). The van der Waals surface area contributed by atoms with E-state index in [4.69, 9.17) is 4.74 Å². The summed E-state index contributed by atoms with van der Waals surface area (Å²) >= 11 is 0. The number of nitrogens with one attached hydrogen (secondary N) is 1. The molecule has 0 saturated carbocycles. The van der Waals surface area contributed by atoms with E-state index in [1.54, 1.807) is 6.07 Å². The number of hydrogen-bond acceptors (Lipinski definition) is 3. The zero-order valence-corrected chi connectivity index (χ0v) is 12.9. The Kier molecular flexibility index (Phi) is 4.66. The van der Waals surface area contributed by atoms with Crippen molar-refractivity contribution in [1.82, 2.24) is 5.32 Å². The van der Waals surface area contributed by atoms with Gasteiger partial charge in [0.1, 0.15) is 5.82 Å². The van der Waals surface area contributed by atoms with Crippen LogP contribution in [-0.2, 0) is 11.3 Å². The molecule has 4 heteroatoms. The number of benzene rings is 1. The summed E-state index contributed by atoms with van der Waals surface area (Å²) in [5.41, 5.74) is 1.74. The molecular weight excluding hydrogens is 255 g/mol. The van der Waals surface area contributed by atoms with Gasteiger partial charge in [-0.3, -0.25) is 0 Å². The summed E-state index contributed by atoms with van der Waals surface area (Å²) in [6.07, 6.45) is 0. The molecule has 20 heavy (non-hydrogen) atoms. The van der Waals surface area contributed by atoms with Gasteiger partial charge in [0.25, 0.3) is 0 Å². The van der Waals surface area contributed by atoms with E-state index >= 15 is 0 Å². The second kappa shape index (κ2) is 6.10. The van der Waals surface area contributed by atoms with Gasteiger partial charge in [-0.05, 0) is 39.3 Å². The molecule has 1 heterocycles. The lowest BCUT2D eigenvalue weighted by molar-refractivity contribution is 0.0984. The Morgan fingerprint density at radius 3 is 2.80 bits per heavy atom. The van der Waals surface area contributed by atoms with Crippen LogP contribution in [0.5, 0.6) is 0 Å². The van der Waals surface area contributed by atoms with E-state index < -0.39 is 0 Å². The second-order valence-corrected chi connectivity index (χ2v) is 6.47. The first-order valence-corrected chi connectivity index (χ1v) is 7.25. The number of anilines is 1. The summed E-state index contributed by atoms with van der Waals surface area (Å²) in [5, 5.41) is 3.44. The number of rotatable bonds is 3. The third-order valence-electron chi connectivity index (χ3n) is 3.53. The Balaban J connectivity index is 2.26. The van der Waals surface area contributed by atoms with Gasteiger partial charge < -0.3 is 15.0 Å². The number of ether oxygens (including phenoxy) is 1. The van der Waals surface area contributed by atoms with Gasteiger partial charge in [-0.2, -0.15) is 0 Å². The van der Waals surface area contributed by atoms with Crippen molar-refractivity contribution >= 4 is 5.69 Å². The van der Waals surface area contributed by atoms with E-state index in [9.17, 15) is 4.39 Å². The van der Waals surface area contributed by atoms with Crippen LogP contribution in [0, 0.1) is 5.82 Å². The fourth-order valence-corrected chi connectivity index (χ4v) is 2.44. The first kappa shape index (κ1) is 15.3.